The van der Waals surface area contributed by atoms with Gasteiger partial charge in [-0.2, -0.15) is 0 Å². The molecular formula is C13H23NaO4. The Morgan fingerprint density at radius 3 is 1.89 bits per heavy atom. The van der Waals surface area contributed by atoms with Crippen molar-refractivity contribution in [2.75, 3.05) is 0 Å². The third kappa shape index (κ3) is 7.13. The van der Waals surface area contributed by atoms with Crippen molar-refractivity contribution in [1.29, 1.82) is 0 Å². The molecule has 0 bridgehead atoms. The first-order valence-electron chi connectivity index (χ1n) is 5.32. The predicted octanol–water partition coefficient (Wildman–Crippen LogP) is 0.775. The summed E-state index contributed by atoms with van der Waals surface area (Å²) in [6, 6.07) is 7.87. The van der Waals surface area contributed by atoms with Crippen molar-refractivity contribution in [1.82, 2.24) is 0 Å². The van der Waals surface area contributed by atoms with E-state index < -0.39 is 11.9 Å². The summed E-state index contributed by atoms with van der Waals surface area (Å²) < 4.78 is 0. The van der Waals surface area contributed by atoms with Crippen molar-refractivity contribution in [3.63, 3.8) is 0 Å². The molecule has 0 aliphatic carbocycles. The monoisotopic (exact) mass is 266 g/mol. The molecular weight excluding hydrogens is 243 g/mol. The normalized spacial score (nSPS) is 10.7. The van der Waals surface area contributed by atoms with Crippen LogP contribution in [0.25, 0.3) is 0 Å². The molecule has 0 aliphatic rings. The molecule has 0 amide bonds. The molecule has 1 atom stereocenters. The number of carboxylic acid groups (broad SMARTS) is 1. The third-order valence-electron chi connectivity index (χ3n) is 2.49. The van der Waals surface area contributed by atoms with E-state index in [0.29, 0.717) is 5.92 Å². The van der Waals surface area contributed by atoms with Gasteiger partial charge in [0.05, 0.1) is 5.92 Å². The summed E-state index contributed by atoms with van der Waals surface area (Å²) in [6.45, 7) is 6.06. The molecule has 100 valence electrons. The number of benzene rings is 1. The molecule has 0 saturated heterocycles. The second-order valence-electron chi connectivity index (χ2n) is 4.40. The Bertz CT molecular complexity index is 335. The number of rotatable bonds is 4. The van der Waals surface area contributed by atoms with Gasteiger partial charge in [0, 0.05) is 0 Å². The Hall–Kier alpha value is -0.390. The number of hydrogen-bond donors (Lipinski definition) is 1. The number of hydrogen-bond acceptors (Lipinski definition) is 1. The second kappa shape index (κ2) is 10.5. The molecule has 5 heteroatoms. The Labute approximate surface area is 130 Å². The van der Waals surface area contributed by atoms with Crippen molar-refractivity contribution in [3.05, 3.63) is 35.4 Å². The van der Waals surface area contributed by atoms with Crippen LogP contribution < -0.4 is 0 Å². The van der Waals surface area contributed by atoms with Gasteiger partial charge in [0.15, 0.2) is 0 Å². The summed E-state index contributed by atoms with van der Waals surface area (Å²) in [5, 5.41) is 8.85. The fraction of sp³-hybridized carbons (Fsp3) is 0.462. The summed E-state index contributed by atoms with van der Waals surface area (Å²) in [5.74, 6) is -0.558. The van der Waals surface area contributed by atoms with Crippen molar-refractivity contribution in [3.8, 4) is 0 Å². The van der Waals surface area contributed by atoms with Crippen LogP contribution in [0.3, 0.4) is 0 Å². The van der Waals surface area contributed by atoms with Crippen LogP contribution in [-0.2, 0) is 11.2 Å². The van der Waals surface area contributed by atoms with E-state index in [4.69, 9.17) is 5.11 Å². The van der Waals surface area contributed by atoms with Gasteiger partial charge in [-0.25, -0.2) is 0 Å². The Balaban J connectivity index is -0.000000750. The molecule has 0 aromatic heterocycles. The molecule has 0 saturated carbocycles. The van der Waals surface area contributed by atoms with Gasteiger partial charge >= 0.3 is 35.5 Å². The molecule has 4 nitrogen and oxygen atoms in total. The van der Waals surface area contributed by atoms with E-state index in [2.05, 4.69) is 13.8 Å². The van der Waals surface area contributed by atoms with Crippen LogP contribution in [0.15, 0.2) is 24.3 Å². The molecule has 0 heterocycles. The fourth-order valence-corrected chi connectivity index (χ4v) is 1.56. The summed E-state index contributed by atoms with van der Waals surface area (Å²) in [5.41, 5.74) is 2.14. The van der Waals surface area contributed by atoms with E-state index >= 15 is 0 Å². The van der Waals surface area contributed by atoms with E-state index in [1.54, 1.807) is 6.92 Å². The van der Waals surface area contributed by atoms with Gasteiger partial charge in [-0.1, -0.05) is 38.1 Å². The van der Waals surface area contributed by atoms with Crippen LogP contribution in [0.1, 0.15) is 37.8 Å². The predicted molar refractivity (Wildman–Crippen MR) is 75.4 cm³/mol. The topological polar surface area (TPSA) is 100 Å². The zero-order chi connectivity index (χ0) is 11.4. The average molecular weight is 266 g/mol. The minimum absolute atomic E-state index is 0. The quantitative estimate of drug-likeness (QED) is 0.814. The van der Waals surface area contributed by atoms with Gasteiger partial charge in [-0.3, -0.25) is 4.79 Å². The standard InChI is InChI=1S/C13H18O2.Na.2H2O.H/c1-9(2)8-11-4-6-12(7-5-11)10(3)13(14)15;;;;/h4-7,9-10H,8H2,1-3H3,(H,14,15);;2*1H2;. The zero-order valence-electron chi connectivity index (χ0n) is 10.5. The summed E-state index contributed by atoms with van der Waals surface area (Å²) in [6.07, 6.45) is 1.04. The van der Waals surface area contributed by atoms with Crippen molar-refractivity contribution >= 4 is 35.5 Å². The molecule has 1 aromatic carbocycles. The van der Waals surface area contributed by atoms with Crippen LogP contribution in [0.5, 0.6) is 0 Å². The first kappa shape index (κ1) is 22.8. The minimum atomic E-state index is -0.772. The van der Waals surface area contributed by atoms with Crippen molar-refractivity contribution in [2.45, 2.75) is 33.1 Å². The summed E-state index contributed by atoms with van der Waals surface area (Å²) in [7, 11) is 0. The van der Waals surface area contributed by atoms with Crippen LogP contribution in [0.4, 0.5) is 0 Å². The van der Waals surface area contributed by atoms with Gasteiger partial charge in [-0.05, 0) is 30.4 Å². The molecule has 18 heavy (non-hydrogen) atoms. The third-order valence-corrected chi connectivity index (χ3v) is 2.49. The fourth-order valence-electron chi connectivity index (χ4n) is 1.56. The van der Waals surface area contributed by atoms with Crippen LogP contribution in [0, 0.1) is 5.92 Å². The summed E-state index contributed by atoms with van der Waals surface area (Å²) in [4.78, 5) is 10.8. The first-order chi connectivity index (χ1) is 7.00. The van der Waals surface area contributed by atoms with Crippen molar-refractivity contribution < 1.29 is 20.9 Å². The maximum atomic E-state index is 10.8. The summed E-state index contributed by atoms with van der Waals surface area (Å²) >= 11 is 0. The molecule has 1 aromatic rings. The zero-order valence-corrected chi connectivity index (χ0v) is 10.5. The Morgan fingerprint density at radius 2 is 1.56 bits per heavy atom. The second-order valence-corrected chi connectivity index (χ2v) is 4.40. The van der Waals surface area contributed by atoms with Crippen molar-refractivity contribution in [2.24, 2.45) is 5.92 Å². The van der Waals surface area contributed by atoms with Crippen LogP contribution in [0.2, 0.25) is 0 Å². The van der Waals surface area contributed by atoms with E-state index in [0.717, 1.165) is 12.0 Å². The molecule has 5 N–H and O–H groups in total. The number of aliphatic carboxylic acids is 1. The molecule has 0 spiro atoms. The Morgan fingerprint density at radius 1 is 1.11 bits per heavy atom. The maximum absolute atomic E-state index is 10.8. The first-order valence-corrected chi connectivity index (χ1v) is 5.32. The van der Waals surface area contributed by atoms with Gasteiger partial charge in [0.1, 0.15) is 0 Å². The van der Waals surface area contributed by atoms with E-state index in [9.17, 15) is 4.79 Å². The average Bonchev–Trinajstić information content (AvgIpc) is 2.17. The van der Waals surface area contributed by atoms with Gasteiger partial charge in [-0.15, -0.1) is 0 Å². The van der Waals surface area contributed by atoms with E-state index in [1.165, 1.54) is 5.56 Å². The molecule has 0 radical (unpaired) electrons. The van der Waals surface area contributed by atoms with E-state index in [1.807, 2.05) is 24.3 Å². The van der Waals surface area contributed by atoms with Gasteiger partial charge < -0.3 is 16.1 Å². The van der Waals surface area contributed by atoms with Crippen LogP contribution in [-0.4, -0.2) is 51.6 Å². The SMILES string of the molecule is CC(C)Cc1ccc(C(C)C(=O)O)cc1.O.O.[NaH]. The van der Waals surface area contributed by atoms with E-state index in [-0.39, 0.29) is 40.5 Å². The number of carbonyl (C=O) groups is 1. The van der Waals surface area contributed by atoms with Gasteiger partial charge in [0.25, 0.3) is 0 Å². The molecule has 1 unspecified atom stereocenters. The molecule has 1 rings (SSSR count). The van der Waals surface area contributed by atoms with Gasteiger partial charge in [0.2, 0.25) is 0 Å². The molecule has 0 fully saturated rings. The number of carboxylic acids is 1. The van der Waals surface area contributed by atoms with Crippen LogP contribution >= 0.6 is 0 Å². The Kier molecular flexibility index (Phi) is 13.3. The molecule has 0 aliphatic heterocycles.